The molecule has 0 amide bonds. The zero-order chi connectivity index (χ0) is 22.2. The fourth-order valence-electron chi connectivity index (χ4n) is 9.00. The summed E-state index contributed by atoms with van der Waals surface area (Å²) in [7, 11) is 0. The molecule has 1 aromatic heterocycles. The average molecular weight is 429 g/mol. The minimum absolute atomic E-state index is 0.109. The van der Waals surface area contributed by atoms with E-state index in [-0.39, 0.29) is 11.3 Å². The lowest BCUT2D eigenvalue weighted by Gasteiger charge is -2.63. The Bertz CT molecular complexity index is 865. The van der Waals surface area contributed by atoms with E-state index in [0.29, 0.717) is 41.3 Å². The van der Waals surface area contributed by atoms with Crippen molar-refractivity contribution in [1.82, 2.24) is 20.2 Å². The van der Waals surface area contributed by atoms with Gasteiger partial charge in [-0.05, 0) is 116 Å². The zero-order valence-electron chi connectivity index (χ0n) is 20.0. The number of aromatic nitrogens is 4. The van der Waals surface area contributed by atoms with Gasteiger partial charge in [0.25, 0.3) is 0 Å². The Hall–Kier alpha value is -1.30. The van der Waals surface area contributed by atoms with Gasteiger partial charge in [0.2, 0.25) is 0 Å². The quantitative estimate of drug-likeness (QED) is 0.780. The highest BCUT2D eigenvalue weighted by atomic mass is 16.3. The molecule has 172 valence electrons. The maximum Gasteiger partial charge on any atom is 0.158 e. The summed E-state index contributed by atoms with van der Waals surface area (Å²) in [5.74, 6) is 4.58. The first-order valence-electron chi connectivity index (χ1n) is 12.5. The number of hydrogen-bond acceptors (Lipinski definition) is 5. The number of nitrogens with zero attached hydrogens (tertiary/aromatic N) is 4. The Balaban J connectivity index is 1.39. The molecule has 0 unspecified atom stereocenters. The lowest BCUT2D eigenvalue weighted by atomic mass is 9.42. The summed E-state index contributed by atoms with van der Waals surface area (Å²) in [6, 6.07) is 0. The van der Waals surface area contributed by atoms with Gasteiger partial charge in [-0.2, -0.15) is 0 Å². The van der Waals surface area contributed by atoms with Crippen molar-refractivity contribution in [2.24, 2.45) is 46.3 Å². The van der Waals surface area contributed by atoms with Crippen LogP contribution in [0.4, 0.5) is 0 Å². The summed E-state index contributed by atoms with van der Waals surface area (Å²) in [5.41, 5.74) is -0.0245. The molecule has 6 nitrogen and oxygen atoms in total. The van der Waals surface area contributed by atoms with Crippen LogP contribution in [0.2, 0.25) is 0 Å². The number of fused-ring (bicyclic) bond motifs is 5. The van der Waals surface area contributed by atoms with Crippen LogP contribution >= 0.6 is 0 Å². The van der Waals surface area contributed by atoms with Gasteiger partial charge >= 0.3 is 0 Å². The highest BCUT2D eigenvalue weighted by molar-refractivity contribution is 5.82. The highest BCUT2D eigenvalue weighted by Gasteiger charge is 2.63. The molecule has 31 heavy (non-hydrogen) atoms. The number of aryl methyl sites for hydroxylation is 1. The monoisotopic (exact) mass is 428 g/mol. The largest absolute Gasteiger partial charge is 0.390 e. The van der Waals surface area contributed by atoms with E-state index in [4.69, 9.17) is 0 Å². The highest BCUT2D eigenvalue weighted by Crippen LogP contribution is 2.69. The first-order valence-corrected chi connectivity index (χ1v) is 12.5. The second-order valence-electron chi connectivity index (χ2n) is 12.4. The standard InChI is InChI=1S/C25H40N4O2/c1-15-12-17-13-23(3,31)10-11-24(17,4)20-8-9-25(5)18(6-7-19(25)22(15)20)21(30)14-29-16(2)26-27-28-29/h15,17-20,22,31H,6-14H2,1-5H3/t15-,17-,18+,19-,20-,22-,23+,24-,25+/m0/s1. The van der Waals surface area contributed by atoms with Crippen molar-refractivity contribution in [3.8, 4) is 0 Å². The van der Waals surface area contributed by atoms with Crippen LogP contribution in [0.1, 0.15) is 84.9 Å². The molecule has 0 bridgehead atoms. The van der Waals surface area contributed by atoms with E-state index in [9.17, 15) is 9.90 Å². The molecule has 4 saturated carbocycles. The Kier molecular flexibility index (Phi) is 4.93. The molecule has 0 spiro atoms. The molecular formula is C25H40N4O2. The fourth-order valence-corrected chi connectivity index (χ4v) is 9.00. The van der Waals surface area contributed by atoms with Gasteiger partial charge in [-0.1, -0.05) is 20.8 Å². The van der Waals surface area contributed by atoms with Gasteiger partial charge in [0, 0.05) is 5.92 Å². The van der Waals surface area contributed by atoms with E-state index < -0.39 is 5.60 Å². The van der Waals surface area contributed by atoms with Crippen LogP contribution in [-0.2, 0) is 11.3 Å². The molecule has 4 aliphatic carbocycles. The zero-order valence-corrected chi connectivity index (χ0v) is 20.0. The van der Waals surface area contributed by atoms with Crippen molar-refractivity contribution in [2.75, 3.05) is 0 Å². The summed E-state index contributed by atoms with van der Waals surface area (Å²) >= 11 is 0. The third kappa shape index (κ3) is 3.22. The van der Waals surface area contributed by atoms with E-state index >= 15 is 0 Å². The maximum atomic E-state index is 13.4. The Morgan fingerprint density at radius 1 is 1.10 bits per heavy atom. The Labute approximate surface area is 186 Å². The van der Waals surface area contributed by atoms with Gasteiger partial charge < -0.3 is 5.11 Å². The van der Waals surface area contributed by atoms with Crippen LogP contribution in [0.15, 0.2) is 0 Å². The number of carbonyl (C=O) groups excluding carboxylic acids is 1. The third-order valence-electron chi connectivity index (χ3n) is 10.7. The van der Waals surface area contributed by atoms with Crippen LogP contribution in [0.3, 0.4) is 0 Å². The number of ketones is 1. The van der Waals surface area contributed by atoms with Crippen molar-refractivity contribution in [3.05, 3.63) is 5.82 Å². The first kappa shape index (κ1) is 21.5. The molecule has 1 N–H and O–H groups in total. The molecule has 0 aromatic carbocycles. The lowest BCUT2D eigenvalue weighted by molar-refractivity contribution is -0.166. The molecule has 4 fully saturated rings. The predicted molar refractivity (Wildman–Crippen MR) is 118 cm³/mol. The maximum absolute atomic E-state index is 13.4. The first-order chi connectivity index (χ1) is 14.6. The smallest absolute Gasteiger partial charge is 0.158 e. The van der Waals surface area contributed by atoms with Gasteiger partial charge in [0.05, 0.1) is 5.60 Å². The fraction of sp³-hybridized carbons (Fsp3) is 0.920. The molecule has 0 aliphatic heterocycles. The van der Waals surface area contributed by atoms with Crippen molar-refractivity contribution in [2.45, 2.75) is 98.1 Å². The molecule has 4 aliphatic rings. The second kappa shape index (κ2) is 7.10. The molecule has 0 radical (unpaired) electrons. The van der Waals surface area contributed by atoms with E-state index in [1.165, 1.54) is 19.3 Å². The van der Waals surface area contributed by atoms with Crippen LogP contribution in [0, 0.1) is 53.3 Å². The third-order valence-corrected chi connectivity index (χ3v) is 10.7. The molecule has 9 atom stereocenters. The number of rotatable bonds is 3. The second-order valence-corrected chi connectivity index (χ2v) is 12.4. The topological polar surface area (TPSA) is 80.9 Å². The minimum atomic E-state index is -0.487. The predicted octanol–water partition coefficient (Wildman–Crippen LogP) is 4.21. The number of aliphatic hydroxyl groups is 1. The van der Waals surface area contributed by atoms with E-state index in [1.54, 1.807) is 4.68 Å². The van der Waals surface area contributed by atoms with Crippen LogP contribution in [-0.4, -0.2) is 36.7 Å². The van der Waals surface area contributed by atoms with Crippen molar-refractivity contribution < 1.29 is 9.90 Å². The summed E-state index contributed by atoms with van der Waals surface area (Å²) in [4.78, 5) is 13.4. The molecule has 1 heterocycles. The summed E-state index contributed by atoms with van der Waals surface area (Å²) < 4.78 is 1.66. The average Bonchev–Trinajstić information content (AvgIpc) is 3.25. The molecule has 5 rings (SSSR count). The van der Waals surface area contributed by atoms with E-state index in [0.717, 1.165) is 43.9 Å². The van der Waals surface area contributed by atoms with Crippen LogP contribution < -0.4 is 0 Å². The molecule has 1 aromatic rings. The Morgan fingerprint density at radius 3 is 2.55 bits per heavy atom. The SMILES string of the molecule is Cc1nnnn1CC(=O)[C@H]1CC[C@H]2[C@@H]3[C@@H](C)C[C@H]4C[C@](C)(O)CC[C@]4(C)[C@H]3CC[C@]12C. The van der Waals surface area contributed by atoms with Crippen molar-refractivity contribution in [1.29, 1.82) is 0 Å². The number of Topliss-reactive ketones (excluding diaryl/α,β-unsaturated/α-hetero) is 1. The van der Waals surface area contributed by atoms with Gasteiger partial charge in [0.15, 0.2) is 5.78 Å². The van der Waals surface area contributed by atoms with Gasteiger partial charge in [-0.3, -0.25) is 4.79 Å². The number of hydrogen-bond donors (Lipinski definition) is 1. The Morgan fingerprint density at radius 2 is 1.84 bits per heavy atom. The van der Waals surface area contributed by atoms with Crippen LogP contribution in [0.25, 0.3) is 0 Å². The summed E-state index contributed by atoms with van der Waals surface area (Å²) in [6.45, 7) is 11.6. The summed E-state index contributed by atoms with van der Waals surface area (Å²) in [6.07, 6.45) is 8.90. The van der Waals surface area contributed by atoms with Crippen molar-refractivity contribution >= 4 is 5.78 Å². The van der Waals surface area contributed by atoms with Gasteiger partial charge in [-0.15, -0.1) is 5.10 Å². The van der Waals surface area contributed by atoms with Crippen molar-refractivity contribution in [3.63, 3.8) is 0 Å². The molecule has 6 heteroatoms. The number of carbonyl (C=O) groups is 1. The van der Waals surface area contributed by atoms with Gasteiger partial charge in [-0.25, -0.2) is 4.68 Å². The van der Waals surface area contributed by atoms with Crippen LogP contribution in [0.5, 0.6) is 0 Å². The summed E-state index contributed by atoms with van der Waals surface area (Å²) in [5, 5.41) is 22.4. The minimum Gasteiger partial charge on any atom is -0.390 e. The van der Waals surface area contributed by atoms with Gasteiger partial charge in [0.1, 0.15) is 12.4 Å². The molecular weight excluding hydrogens is 388 g/mol. The number of tetrazole rings is 1. The normalized spacial score (nSPS) is 49.2. The van der Waals surface area contributed by atoms with E-state index in [2.05, 4.69) is 36.3 Å². The molecule has 0 saturated heterocycles. The lowest BCUT2D eigenvalue weighted by Crippen LogP contribution is -2.58. The van der Waals surface area contributed by atoms with E-state index in [1.807, 2.05) is 13.8 Å².